The van der Waals surface area contributed by atoms with E-state index in [1.165, 1.54) is 22.0 Å². The zero-order valence-electron chi connectivity index (χ0n) is 5.60. The molecule has 10 heavy (non-hydrogen) atoms. The molecule has 51 valence electrons. The molecular formula is C9H8I. The van der Waals surface area contributed by atoms with Crippen molar-refractivity contribution in [2.24, 2.45) is 0 Å². The summed E-state index contributed by atoms with van der Waals surface area (Å²) in [5, 5.41) is 0. The molecule has 0 atom stereocenters. The highest BCUT2D eigenvalue weighted by atomic mass is 127. The first-order chi connectivity index (χ1) is 4.86. The third kappa shape index (κ3) is 1.34. The van der Waals surface area contributed by atoms with Gasteiger partial charge in [0.15, 0.2) is 0 Å². The molecule has 1 saturated carbocycles. The van der Waals surface area contributed by atoms with E-state index in [4.69, 9.17) is 0 Å². The minimum atomic E-state index is 1.32. The minimum Gasteiger partial charge on any atom is -0.0574 e. The third-order valence-corrected chi connectivity index (χ3v) is 2.47. The van der Waals surface area contributed by atoms with Crippen LogP contribution in [0.15, 0.2) is 24.3 Å². The molecule has 0 aromatic heterocycles. The van der Waals surface area contributed by atoms with E-state index in [1.54, 1.807) is 5.92 Å². The Balaban J connectivity index is 2.28. The zero-order chi connectivity index (χ0) is 6.97. The zero-order valence-corrected chi connectivity index (χ0v) is 7.76. The molecule has 0 nitrogen and oxygen atoms in total. The van der Waals surface area contributed by atoms with Crippen molar-refractivity contribution in [1.82, 2.24) is 0 Å². The topological polar surface area (TPSA) is 0 Å². The van der Waals surface area contributed by atoms with Crippen LogP contribution in [0.25, 0.3) is 0 Å². The number of hydrogen-bond acceptors (Lipinski definition) is 0. The van der Waals surface area contributed by atoms with Crippen LogP contribution < -0.4 is 0 Å². The highest BCUT2D eigenvalue weighted by Gasteiger charge is 2.23. The van der Waals surface area contributed by atoms with Crippen molar-refractivity contribution in [2.75, 3.05) is 0 Å². The van der Waals surface area contributed by atoms with Gasteiger partial charge in [0.2, 0.25) is 0 Å². The Morgan fingerprint density at radius 3 is 2.10 bits per heavy atom. The average Bonchev–Trinajstić information content (AvgIpc) is 2.71. The van der Waals surface area contributed by atoms with E-state index in [2.05, 4.69) is 46.9 Å². The van der Waals surface area contributed by atoms with Gasteiger partial charge in [-0.2, -0.15) is 0 Å². The number of halogens is 1. The summed E-state index contributed by atoms with van der Waals surface area (Å²) in [6.45, 7) is 0. The van der Waals surface area contributed by atoms with Crippen LogP contribution >= 0.6 is 22.6 Å². The Morgan fingerprint density at radius 1 is 1.00 bits per heavy atom. The molecule has 1 radical (unpaired) electrons. The van der Waals surface area contributed by atoms with Gasteiger partial charge in [-0.05, 0) is 53.1 Å². The van der Waals surface area contributed by atoms with Gasteiger partial charge in [-0.25, -0.2) is 0 Å². The summed E-state index contributed by atoms with van der Waals surface area (Å²) in [7, 11) is 0. The number of rotatable bonds is 1. The van der Waals surface area contributed by atoms with Crippen LogP contribution in [-0.2, 0) is 0 Å². The van der Waals surface area contributed by atoms with Crippen LogP contribution in [-0.4, -0.2) is 0 Å². The van der Waals surface area contributed by atoms with E-state index in [1.807, 2.05) is 0 Å². The van der Waals surface area contributed by atoms with Crippen LogP contribution in [0.4, 0.5) is 0 Å². The SMILES string of the molecule is Ic1ccc([C]2CC2)cc1. The lowest BCUT2D eigenvalue weighted by atomic mass is 10.1. The fraction of sp³-hybridized carbons (Fsp3) is 0.222. The van der Waals surface area contributed by atoms with E-state index < -0.39 is 0 Å². The maximum absolute atomic E-state index is 2.33. The molecule has 0 unspecified atom stereocenters. The normalized spacial score (nSPS) is 17.3. The van der Waals surface area contributed by atoms with Crippen LogP contribution in [0.2, 0.25) is 0 Å². The summed E-state index contributed by atoms with van der Waals surface area (Å²) < 4.78 is 1.32. The first-order valence-corrected chi connectivity index (χ1v) is 4.55. The Hall–Kier alpha value is -0.0500. The summed E-state index contributed by atoms with van der Waals surface area (Å²) in [6.07, 6.45) is 2.64. The highest BCUT2D eigenvalue weighted by molar-refractivity contribution is 14.1. The van der Waals surface area contributed by atoms with E-state index in [-0.39, 0.29) is 0 Å². The Kier molecular flexibility index (Phi) is 1.68. The average molecular weight is 243 g/mol. The van der Waals surface area contributed by atoms with Crippen LogP contribution in [0.5, 0.6) is 0 Å². The molecule has 0 bridgehead atoms. The molecule has 1 aromatic rings. The second kappa shape index (κ2) is 2.53. The molecule has 0 saturated heterocycles. The molecule has 1 aliphatic rings. The molecule has 1 aromatic carbocycles. The molecule has 1 heteroatoms. The van der Waals surface area contributed by atoms with E-state index >= 15 is 0 Å². The maximum atomic E-state index is 2.33. The van der Waals surface area contributed by atoms with Gasteiger partial charge >= 0.3 is 0 Å². The molecule has 0 heterocycles. The molecule has 0 amide bonds. The molecular weight excluding hydrogens is 235 g/mol. The summed E-state index contributed by atoms with van der Waals surface area (Å²) >= 11 is 2.33. The van der Waals surface area contributed by atoms with Gasteiger partial charge in [0.05, 0.1) is 0 Å². The van der Waals surface area contributed by atoms with Crippen molar-refractivity contribution >= 4 is 22.6 Å². The van der Waals surface area contributed by atoms with Gasteiger partial charge in [0, 0.05) is 9.49 Å². The largest absolute Gasteiger partial charge is 0.0574 e. The van der Waals surface area contributed by atoms with Crippen molar-refractivity contribution in [2.45, 2.75) is 12.8 Å². The first-order valence-electron chi connectivity index (χ1n) is 3.47. The highest BCUT2D eigenvalue weighted by Crippen LogP contribution is 2.38. The van der Waals surface area contributed by atoms with Crippen LogP contribution in [0, 0.1) is 9.49 Å². The predicted molar refractivity (Wildman–Crippen MR) is 50.7 cm³/mol. The van der Waals surface area contributed by atoms with Crippen molar-refractivity contribution in [3.63, 3.8) is 0 Å². The van der Waals surface area contributed by atoms with Gasteiger partial charge in [0.1, 0.15) is 0 Å². The maximum Gasteiger partial charge on any atom is 0.0130 e. The molecule has 0 spiro atoms. The molecule has 1 aliphatic carbocycles. The lowest BCUT2D eigenvalue weighted by Crippen LogP contribution is -1.78. The van der Waals surface area contributed by atoms with Crippen molar-refractivity contribution in [3.05, 3.63) is 39.3 Å². The molecule has 0 aliphatic heterocycles. The standard InChI is InChI=1S/C9H8I/c10-9-5-3-8(4-6-9)7-1-2-7/h3-6H,1-2H2. The summed E-state index contributed by atoms with van der Waals surface area (Å²) in [6, 6.07) is 8.76. The van der Waals surface area contributed by atoms with E-state index in [9.17, 15) is 0 Å². The van der Waals surface area contributed by atoms with Gasteiger partial charge < -0.3 is 0 Å². The summed E-state index contributed by atoms with van der Waals surface area (Å²) in [5.74, 6) is 1.62. The number of hydrogen-bond donors (Lipinski definition) is 0. The van der Waals surface area contributed by atoms with E-state index in [0.717, 1.165) is 0 Å². The Labute approximate surface area is 74.8 Å². The van der Waals surface area contributed by atoms with Crippen LogP contribution in [0.3, 0.4) is 0 Å². The summed E-state index contributed by atoms with van der Waals surface area (Å²) in [5.41, 5.74) is 1.44. The predicted octanol–water partition coefficient (Wildman–Crippen LogP) is 3.01. The first kappa shape index (κ1) is 6.65. The van der Waals surface area contributed by atoms with Gasteiger partial charge in [-0.3, -0.25) is 0 Å². The smallest absolute Gasteiger partial charge is 0.0130 e. The fourth-order valence-electron chi connectivity index (χ4n) is 1.04. The summed E-state index contributed by atoms with van der Waals surface area (Å²) in [4.78, 5) is 0. The second-order valence-electron chi connectivity index (χ2n) is 2.61. The molecule has 0 N–H and O–H groups in total. The fourth-order valence-corrected chi connectivity index (χ4v) is 1.40. The molecule has 2 rings (SSSR count). The van der Waals surface area contributed by atoms with Gasteiger partial charge in [-0.15, -0.1) is 0 Å². The van der Waals surface area contributed by atoms with Gasteiger partial charge in [-0.1, -0.05) is 12.1 Å². The number of benzene rings is 1. The Morgan fingerprint density at radius 2 is 1.60 bits per heavy atom. The van der Waals surface area contributed by atoms with Crippen molar-refractivity contribution < 1.29 is 0 Å². The monoisotopic (exact) mass is 243 g/mol. The lowest BCUT2D eigenvalue weighted by molar-refractivity contribution is 1.40. The Bertz CT molecular complexity index is 221. The second-order valence-corrected chi connectivity index (χ2v) is 3.86. The third-order valence-electron chi connectivity index (χ3n) is 1.75. The minimum absolute atomic E-state index is 1.32. The quantitative estimate of drug-likeness (QED) is 0.665. The molecule has 1 fully saturated rings. The lowest BCUT2D eigenvalue weighted by Gasteiger charge is -1.94. The van der Waals surface area contributed by atoms with Crippen LogP contribution in [0.1, 0.15) is 18.4 Å². The van der Waals surface area contributed by atoms with E-state index in [0.29, 0.717) is 0 Å². The van der Waals surface area contributed by atoms with Gasteiger partial charge in [0.25, 0.3) is 0 Å². The van der Waals surface area contributed by atoms with Crippen molar-refractivity contribution in [1.29, 1.82) is 0 Å². The van der Waals surface area contributed by atoms with Crippen molar-refractivity contribution in [3.8, 4) is 0 Å².